The van der Waals surface area contributed by atoms with Gasteiger partial charge in [0.1, 0.15) is 0 Å². The first-order valence-corrected chi connectivity index (χ1v) is 6.35. The predicted octanol–water partition coefficient (Wildman–Crippen LogP) is 1.66. The third-order valence-electron chi connectivity index (χ3n) is 2.00. The third-order valence-corrected chi connectivity index (χ3v) is 2.63. The lowest BCUT2D eigenvalue weighted by atomic mass is 10.1. The molecule has 0 saturated carbocycles. The quantitative estimate of drug-likeness (QED) is 0.726. The first-order chi connectivity index (χ1) is 7.08. The third kappa shape index (κ3) is 6.60. The minimum Gasteiger partial charge on any atom is -0.315 e. The molecule has 0 fully saturated rings. The van der Waals surface area contributed by atoms with E-state index < -0.39 is 0 Å². The molecule has 1 aromatic rings. The van der Waals surface area contributed by atoms with Gasteiger partial charge in [-0.05, 0) is 20.8 Å². The molecule has 0 amide bonds. The molecule has 0 spiro atoms. The minimum absolute atomic E-state index is 0.219. The van der Waals surface area contributed by atoms with Crippen molar-refractivity contribution in [3.63, 3.8) is 0 Å². The van der Waals surface area contributed by atoms with Crippen LogP contribution in [0.2, 0.25) is 0 Å². The Morgan fingerprint density at radius 2 is 2.07 bits per heavy atom. The van der Waals surface area contributed by atoms with Crippen LogP contribution in [0.3, 0.4) is 0 Å². The molecule has 86 valence electrons. The van der Waals surface area contributed by atoms with Gasteiger partial charge in [0, 0.05) is 37.0 Å². The van der Waals surface area contributed by atoms with Crippen molar-refractivity contribution >= 4 is 11.3 Å². The van der Waals surface area contributed by atoms with Gasteiger partial charge in [-0.1, -0.05) is 0 Å². The second-order valence-electron chi connectivity index (χ2n) is 4.66. The Kier molecular flexibility index (Phi) is 5.22. The summed E-state index contributed by atoms with van der Waals surface area (Å²) in [4.78, 5) is 4.24. The minimum atomic E-state index is 0.219. The van der Waals surface area contributed by atoms with Gasteiger partial charge < -0.3 is 10.6 Å². The molecule has 1 aromatic heterocycles. The second-order valence-corrected chi connectivity index (χ2v) is 5.38. The Morgan fingerprint density at radius 3 is 2.67 bits per heavy atom. The van der Waals surface area contributed by atoms with E-state index in [0.29, 0.717) is 0 Å². The standard InChI is InChI=1S/C11H21N3S/c1-11(2,3)14-7-6-12-5-4-10-8-15-9-13-10/h8-9,12,14H,4-7H2,1-3H3. The van der Waals surface area contributed by atoms with Crippen LogP contribution in [0, 0.1) is 0 Å². The first kappa shape index (κ1) is 12.6. The highest BCUT2D eigenvalue weighted by Gasteiger charge is 2.06. The molecule has 0 unspecified atom stereocenters. The van der Waals surface area contributed by atoms with Crippen LogP contribution < -0.4 is 10.6 Å². The van der Waals surface area contributed by atoms with Gasteiger partial charge >= 0.3 is 0 Å². The van der Waals surface area contributed by atoms with E-state index >= 15 is 0 Å². The highest BCUT2D eigenvalue weighted by atomic mass is 32.1. The summed E-state index contributed by atoms with van der Waals surface area (Å²) < 4.78 is 0. The van der Waals surface area contributed by atoms with Crippen LogP contribution in [0.15, 0.2) is 10.9 Å². The van der Waals surface area contributed by atoms with Crippen molar-refractivity contribution in [1.29, 1.82) is 0 Å². The Morgan fingerprint density at radius 1 is 1.27 bits per heavy atom. The van der Waals surface area contributed by atoms with E-state index in [1.165, 1.54) is 5.69 Å². The van der Waals surface area contributed by atoms with Gasteiger partial charge in [0.2, 0.25) is 0 Å². The van der Waals surface area contributed by atoms with Crippen molar-refractivity contribution in [1.82, 2.24) is 15.6 Å². The van der Waals surface area contributed by atoms with E-state index in [1.54, 1.807) is 11.3 Å². The highest BCUT2D eigenvalue weighted by Crippen LogP contribution is 2.00. The van der Waals surface area contributed by atoms with Crippen LogP contribution in [0.5, 0.6) is 0 Å². The van der Waals surface area contributed by atoms with Crippen LogP contribution in [-0.2, 0) is 6.42 Å². The maximum absolute atomic E-state index is 4.24. The molecule has 0 atom stereocenters. The SMILES string of the molecule is CC(C)(C)NCCNCCc1cscn1. The van der Waals surface area contributed by atoms with Crippen LogP contribution in [0.1, 0.15) is 26.5 Å². The monoisotopic (exact) mass is 227 g/mol. The lowest BCUT2D eigenvalue weighted by Gasteiger charge is -2.20. The van der Waals surface area contributed by atoms with Gasteiger partial charge in [0.15, 0.2) is 0 Å². The van der Waals surface area contributed by atoms with E-state index in [1.807, 2.05) is 5.51 Å². The Hall–Kier alpha value is -0.450. The number of aromatic nitrogens is 1. The van der Waals surface area contributed by atoms with Gasteiger partial charge in [0.05, 0.1) is 11.2 Å². The summed E-state index contributed by atoms with van der Waals surface area (Å²) in [6.45, 7) is 9.59. The highest BCUT2D eigenvalue weighted by molar-refractivity contribution is 7.07. The maximum Gasteiger partial charge on any atom is 0.0794 e. The number of nitrogens with zero attached hydrogens (tertiary/aromatic N) is 1. The van der Waals surface area contributed by atoms with Gasteiger partial charge in [-0.2, -0.15) is 0 Å². The van der Waals surface area contributed by atoms with Crippen LogP contribution in [-0.4, -0.2) is 30.2 Å². The van der Waals surface area contributed by atoms with Crippen molar-refractivity contribution in [3.8, 4) is 0 Å². The average molecular weight is 227 g/mol. The summed E-state index contributed by atoms with van der Waals surface area (Å²) in [6.07, 6.45) is 1.03. The van der Waals surface area contributed by atoms with Crippen LogP contribution in [0.25, 0.3) is 0 Å². The second kappa shape index (κ2) is 6.20. The van der Waals surface area contributed by atoms with Crippen molar-refractivity contribution < 1.29 is 0 Å². The molecule has 0 saturated heterocycles. The zero-order valence-corrected chi connectivity index (χ0v) is 10.7. The van der Waals surface area contributed by atoms with Crippen LogP contribution in [0.4, 0.5) is 0 Å². The topological polar surface area (TPSA) is 37.0 Å². The molecule has 0 aliphatic rings. The Labute approximate surface area is 96.3 Å². The molecule has 15 heavy (non-hydrogen) atoms. The fraction of sp³-hybridized carbons (Fsp3) is 0.727. The number of thiazole rings is 1. The normalized spacial score (nSPS) is 11.9. The summed E-state index contributed by atoms with van der Waals surface area (Å²) in [5, 5.41) is 8.94. The predicted molar refractivity (Wildman–Crippen MR) is 66.4 cm³/mol. The summed E-state index contributed by atoms with van der Waals surface area (Å²) in [6, 6.07) is 0. The van der Waals surface area contributed by atoms with Gasteiger partial charge in [-0.15, -0.1) is 11.3 Å². The van der Waals surface area contributed by atoms with Crippen molar-refractivity contribution in [2.75, 3.05) is 19.6 Å². The van der Waals surface area contributed by atoms with Crippen LogP contribution >= 0.6 is 11.3 Å². The molecule has 0 aliphatic carbocycles. The summed E-state index contributed by atoms with van der Waals surface area (Å²) in [7, 11) is 0. The van der Waals surface area contributed by atoms with Crippen molar-refractivity contribution in [3.05, 3.63) is 16.6 Å². The summed E-state index contributed by atoms with van der Waals surface area (Å²) in [5.74, 6) is 0. The molecular formula is C11H21N3S. The van der Waals surface area contributed by atoms with E-state index in [2.05, 4.69) is 41.8 Å². The van der Waals surface area contributed by atoms with E-state index in [9.17, 15) is 0 Å². The Bertz CT molecular complexity index is 251. The zero-order valence-electron chi connectivity index (χ0n) is 9.84. The number of nitrogens with one attached hydrogen (secondary N) is 2. The van der Waals surface area contributed by atoms with E-state index in [-0.39, 0.29) is 5.54 Å². The van der Waals surface area contributed by atoms with E-state index in [0.717, 1.165) is 26.1 Å². The lowest BCUT2D eigenvalue weighted by molar-refractivity contribution is 0.422. The molecule has 1 rings (SSSR count). The smallest absolute Gasteiger partial charge is 0.0794 e. The van der Waals surface area contributed by atoms with Gasteiger partial charge in [0.25, 0.3) is 0 Å². The largest absolute Gasteiger partial charge is 0.315 e. The molecule has 0 aromatic carbocycles. The lowest BCUT2D eigenvalue weighted by Crippen LogP contribution is -2.40. The van der Waals surface area contributed by atoms with Crippen molar-refractivity contribution in [2.45, 2.75) is 32.7 Å². The molecule has 0 radical (unpaired) electrons. The van der Waals surface area contributed by atoms with E-state index in [4.69, 9.17) is 0 Å². The first-order valence-electron chi connectivity index (χ1n) is 5.41. The molecular weight excluding hydrogens is 206 g/mol. The molecule has 3 nitrogen and oxygen atoms in total. The molecule has 0 bridgehead atoms. The maximum atomic E-state index is 4.24. The molecule has 1 heterocycles. The molecule has 0 aliphatic heterocycles. The molecule has 2 N–H and O–H groups in total. The fourth-order valence-corrected chi connectivity index (χ4v) is 1.82. The van der Waals surface area contributed by atoms with Gasteiger partial charge in [-0.25, -0.2) is 4.98 Å². The van der Waals surface area contributed by atoms with Gasteiger partial charge in [-0.3, -0.25) is 0 Å². The number of hydrogen-bond donors (Lipinski definition) is 2. The average Bonchev–Trinajstić information content (AvgIpc) is 2.61. The molecule has 4 heteroatoms. The number of hydrogen-bond acceptors (Lipinski definition) is 4. The Balaban J connectivity index is 1.94. The fourth-order valence-electron chi connectivity index (χ4n) is 1.23. The zero-order chi connectivity index (χ0) is 11.1. The summed E-state index contributed by atoms with van der Waals surface area (Å²) in [5.41, 5.74) is 3.30. The number of rotatable bonds is 6. The van der Waals surface area contributed by atoms with Crippen molar-refractivity contribution in [2.24, 2.45) is 0 Å². The summed E-state index contributed by atoms with van der Waals surface area (Å²) >= 11 is 1.66.